The number of rotatable bonds is 4. The van der Waals surface area contributed by atoms with Crippen molar-refractivity contribution >= 4 is 17.6 Å². The van der Waals surface area contributed by atoms with E-state index in [1.165, 1.54) is 0 Å². The summed E-state index contributed by atoms with van der Waals surface area (Å²) in [5, 5.41) is 2.74. The molecule has 1 aromatic rings. The van der Waals surface area contributed by atoms with E-state index in [0.29, 0.717) is 18.0 Å². The molecule has 1 aliphatic heterocycles. The number of fused-ring (bicyclic) bond motifs is 1. The maximum Gasteiger partial charge on any atom is 0.306 e. The van der Waals surface area contributed by atoms with Crippen molar-refractivity contribution in [2.24, 2.45) is 0 Å². The standard InChI is InChI=1S/C13H15NO4/c1-3-18-11(15)7-9-8-5-4-6-10(17-2)12(8)14-13(9)16/h4-6,9H,3,7H2,1-2H3,(H,14,16). The molecule has 1 heterocycles. The molecule has 0 aliphatic carbocycles. The van der Waals surface area contributed by atoms with Gasteiger partial charge in [0, 0.05) is 0 Å². The number of anilines is 1. The number of methoxy groups -OCH3 is 1. The second-order valence-electron chi connectivity index (χ2n) is 3.98. The Labute approximate surface area is 105 Å². The Morgan fingerprint density at radius 3 is 2.89 bits per heavy atom. The zero-order valence-corrected chi connectivity index (χ0v) is 10.4. The molecule has 2 rings (SSSR count). The fraction of sp³-hybridized carbons (Fsp3) is 0.385. The van der Waals surface area contributed by atoms with Gasteiger partial charge in [0.15, 0.2) is 0 Å². The molecular formula is C13H15NO4. The predicted octanol–water partition coefficient (Wildman–Crippen LogP) is 1.68. The summed E-state index contributed by atoms with van der Waals surface area (Å²) in [6.45, 7) is 2.06. The first-order valence-electron chi connectivity index (χ1n) is 5.80. The fourth-order valence-corrected chi connectivity index (χ4v) is 2.08. The van der Waals surface area contributed by atoms with E-state index in [2.05, 4.69) is 5.32 Å². The van der Waals surface area contributed by atoms with Crippen molar-refractivity contribution in [2.75, 3.05) is 19.0 Å². The van der Waals surface area contributed by atoms with Crippen molar-refractivity contribution in [3.63, 3.8) is 0 Å². The summed E-state index contributed by atoms with van der Waals surface area (Å²) in [7, 11) is 1.54. The van der Waals surface area contributed by atoms with Crippen LogP contribution in [0.2, 0.25) is 0 Å². The summed E-state index contributed by atoms with van der Waals surface area (Å²) in [4.78, 5) is 23.3. The van der Waals surface area contributed by atoms with Crippen LogP contribution in [0.15, 0.2) is 18.2 Å². The third-order valence-electron chi connectivity index (χ3n) is 2.89. The van der Waals surface area contributed by atoms with E-state index in [0.717, 1.165) is 5.56 Å². The van der Waals surface area contributed by atoms with E-state index in [1.807, 2.05) is 6.07 Å². The molecule has 0 saturated heterocycles. The molecule has 0 radical (unpaired) electrons. The number of carbonyl (C=O) groups is 2. The highest BCUT2D eigenvalue weighted by Crippen LogP contribution is 2.40. The molecule has 0 aromatic heterocycles. The van der Waals surface area contributed by atoms with Crippen LogP contribution in [0.3, 0.4) is 0 Å². The Bertz CT molecular complexity index is 484. The zero-order chi connectivity index (χ0) is 13.1. The minimum atomic E-state index is -0.492. The molecule has 0 spiro atoms. The first-order valence-corrected chi connectivity index (χ1v) is 5.80. The normalized spacial score (nSPS) is 17.0. The van der Waals surface area contributed by atoms with Gasteiger partial charge in [-0.2, -0.15) is 0 Å². The number of hydrogen-bond acceptors (Lipinski definition) is 4. The highest BCUT2D eigenvalue weighted by atomic mass is 16.5. The molecule has 1 atom stereocenters. The van der Waals surface area contributed by atoms with E-state index in [9.17, 15) is 9.59 Å². The Kier molecular flexibility index (Phi) is 3.50. The van der Waals surface area contributed by atoms with Crippen molar-refractivity contribution < 1.29 is 19.1 Å². The smallest absolute Gasteiger partial charge is 0.306 e. The van der Waals surface area contributed by atoms with Crippen molar-refractivity contribution in [1.82, 2.24) is 0 Å². The molecule has 1 amide bonds. The highest BCUT2D eigenvalue weighted by molar-refractivity contribution is 6.06. The summed E-state index contributed by atoms with van der Waals surface area (Å²) in [6.07, 6.45) is 0.0554. The Balaban J connectivity index is 2.25. The van der Waals surface area contributed by atoms with Gasteiger partial charge in [-0.1, -0.05) is 12.1 Å². The number of ether oxygens (including phenoxy) is 2. The maximum absolute atomic E-state index is 11.9. The minimum absolute atomic E-state index is 0.0554. The summed E-state index contributed by atoms with van der Waals surface area (Å²) in [6, 6.07) is 5.39. The molecule has 0 bridgehead atoms. The Morgan fingerprint density at radius 2 is 2.22 bits per heavy atom. The fourth-order valence-electron chi connectivity index (χ4n) is 2.08. The number of esters is 1. The van der Waals surface area contributed by atoms with Gasteiger partial charge < -0.3 is 14.8 Å². The number of para-hydroxylation sites is 1. The van der Waals surface area contributed by atoms with E-state index >= 15 is 0 Å². The summed E-state index contributed by atoms with van der Waals surface area (Å²) in [5.74, 6) is -0.447. The third kappa shape index (κ3) is 2.16. The van der Waals surface area contributed by atoms with Crippen LogP contribution >= 0.6 is 0 Å². The summed E-state index contributed by atoms with van der Waals surface area (Å²) < 4.78 is 10.0. The van der Waals surface area contributed by atoms with Crippen LogP contribution < -0.4 is 10.1 Å². The number of amides is 1. The molecule has 0 saturated carbocycles. The van der Waals surface area contributed by atoms with Crippen LogP contribution in [0.5, 0.6) is 5.75 Å². The molecule has 5 nitrogen and oxygen atoms in total. The predicted molar refractivity (Wildman–Crippen MR) is 65.6 cm³/mol. The van der Waals surface area contributed by atoms with E-state index in [1.54, 1.807) is 26.2 Å². The molecule has 96 valence electrons. The van der Waals surface area contributed by atoms with Crippen LogP contribution in [0.1, 0.15) is 24.8 Å². The largest absolute Gasteiger partial charge is 0.495 e. The van der Waals surface area contributed by atoms with Gasteiger partial charge in [0.25, 0.3) is 0 Å². The lowest BCUT2D eigenvalue weighted by atomic mass is 9.97. The van der Waals surface area contributed by atoms with E-state index in [4.69, 9.17) is 9.47 Å². The van der Waals surface area contributed by atoms with Crippen LogP contribution in [-0.4, -0.2) is 25.6 Å². The first-order chi connectivity index (χ1) is 8.67. The van der Waals surface area contributed by atoms with Gasteiger partial charge in [-0.3, -0.25) is 9.59 Å². The van der Waals surface area contributed by atoms with E-state index < -0.39 is 5.92 Å². The van der Waals surface area contributed by atoms with Crippen LogP contribution in [0.4, 0.5) is 5.69 Å². The topological polar surface area (TPSA) is 64.6 Å². The molecule has 1 aromatic carbocycles. The van der Waals surface area contributed by atoms with Crippen molar-refractivity contribution in [3.8, 4) is 5.75 Å². The highest BCUT2D eigenvalue weighted by Gasteiger charge is 2.34. The van der Waals surface area contributed by atoms with Crippen molar-refractivity contribution in [1.29, 1.82) is 0 Å². The Hall–Kier alpha value is -2.04. The van der Waals surface area contributed by atoms with Gasteiger partial charge in [-0.15, -0.1) is 0 Å². The molecule has 0 fully saturated rings. The molecule has 1 aliphatic rings. The SMILES string of the molecule is CCOC(=O)CC1C(=O)Nc2c(OC)cccc21. The molecule has 1 N–H and O–H groups in total. The summed E-state index contributed by atoms with van der Waals surface area (Å²) in [5.41, 5.74) is 1.44. The quantitative estimate of drug-likeness (QED) is 0.825. The van der Waals surface area contributed by atoms with Gasteiger partial charge in [0.1, 0.15) is 5.75 Å². The van der Waals surface area contributed by atoms with Gasteiger partial charge in [-0.25, -0.2) is 0 Å². The van der Waals surface area contributed by atoms with Crippen molar-refractivity contribution in [3.05, 3.63) is 23.8 Å². The first kappa shape index (κ1) is 12.4. The van der Waals surface area contributed by atoms with Gasteiger partial charge in [-0.05, 0) is 18.6 Å². The van der Waals surface area contributed by atoms with Gasteiger partial charge in [0.2, 0.25) is 5.91 Å². The van der Waals surface area contributed by atoms with Crippen LogP contribution in [0, 0.1) is 0 Å². The average molecular weight is 249 g/mol. The van der Waals surface area contributed by atoms with Gasteiger partial charge in [0.05, 0.1) is 31.7 Å². The lowest BCUT2D eigenvalue weighted by Gasteiger charge is -2.08. The van der Waals surface area contributed by atoms with Crippen LogP contribution in [-0.2, 0) is 14.3 Å². The third-order valence-corrected chi connectivity index (χ3v) is 2.89. The second kappa shape index (κ2) is 5.08. The van der Waals surface area contributed by atoms with Crippen molar-refractivity contribution in [2.45, 2.75) is 19.3 Å². The molecule has 1 unspecified atom stereocenters. The summed E-state index contributed by atoms with van der Waals surface area (Å²) >= 11 is 0. The number of nitrogens with one attached hydrogen (secondary N) is 1. The molecular weight excluding hydrogens is 234 g/mol. The number of benzene rings is 1. The second-order valence-corrected chi connectivity index (χ2v) is 3.98. The molecule has 18 heavy (non-hydrogen) atoms. The lowest BCUT2D eigenvalue weighted by Crippen LogP contribution is -2.17. The zero-order valence-electron chi connectivity index (χ0n) is 10.4. The van der Waals surface area contributed by atoms with Crippen LogP contribution in [0.25, 0.3) is 0 Å². The maximum atomic E-state index is 11.9. The van der Waals surface area contributed by atoms with E-state index in [-0.39, 0.29) is 18.3 Å². The number of hydrogen-bond donors (Lipinski definition) is 1. The monoisotopic (exact) mass is 249 g/mol. The lowest BCUT2D eigenvalue weighted by molar-refractivity contribution is -0.144. The molecule has 5 heteroatoms. The number of carbonyl (C=O) groups excluding carboxylic acids is 2. The Morgan fingerprint density at radius 1 is 1.44 bits per heavy atom. The van der Waals surface area contributed by atoms with Gasteiger partial charge >= 0.3 is 5.97 Å². The minimum Gasteiger partial charge on any atom is -0.495 e. The average Bonchev–Trinajstić information content (AvgIpc) is 2.66.